The van der Waals surface area contributed by atoms with Gasteiger partial charge in [-0.3, -0.25) is 4.79 Å². The maximum absolute atomic E-state index is 11.5. The van der Waals surface area contributed by atoms with Crippen LogP contribution in [-0.4, -0.2) is 48.6 Å². The van der Waals surface area contributed by atoms with Crippen molar-refractivity contribution >= 4 is 17.7 Å². The molecule has 1 saturated heterocycles. The summed E-state index contributed by atoms with van der Waals surface area (Å²) in [6, 6.07) is 2.35. The average molecular weight is 228 g/mol. The number of methoxy groups -OCH3 is 1. The van der Waals surface area contributed by atoms with Gasteiger partial charge in [0.15, 0.2) is 0 Å². The first-order chi connectivity index (χ1) is 7.17. The zero-order valence-electron chi connectivity index (χ0n) is 9.15. The van der Waals surface area contributed by atoms with Gasteiger partial charge in [-0.2, -0.15) is 5.26 Å². The number of hydrogen-bond donors (Lipinski definition) is 0. The molecule has 1 aliphatic heterocycles. The minimum Gasteiger partial charge on any atom is -0.375 e. The highest BCUT2D eigenvalue weighted by atomic mass is 32.2. The number of thioether (sulfide) groups is 1. The van der Waals surface area contributed by atoms with Crippen LogP contribution in [-0.2, 0) is 9.53 Å². The van der Waals surface area contributed by atoms with E-state index in [9.17, 15) is 4.79 Å². The highest BCUT2D eigenvalue weighted by molar-refractivity contribution is 8.00. The molecule has 1 aliphatic rings. The minimum absolute atomic E-state index is 0.0187. The fourth-order valence-corrected chi connectivity index (χ4v) is 2.38. The molecule has 84 valence electrons. The van der Waals surface area contributed by atoms with Crippen LogP contribution in [0.4, 0.5) is 0 Å². The smallest absolute Gasteiger partial charge is 0.248 e. The molecule has 0 saturated carbocycles. The molecule has 1 amide bonds. The third-order valence-corrected chi connectivity index (χ3v) is 4.07. The van der Waals surface area contributed by atoms with Gasteiger partial charge >= 0.3 is 0 Å². The number of nitrogens with zero attached hydrogens (tertiary/aromatic N) is 2. The van der Waals surface area contributed by atoms with Crippen LogP contribution in [0.5, 0.6) is 0 Å². The van der Waals surface area contributed by atoms with E-state index in [2.05, 4.69) is 6.07 Å². The maximum Gasteiger partial charge on any atom is 0.248 e. The van der Waals surface area contributed by atoms with Crippen LogP contribution >= 0.6 is 11.8 Å². The van der Waals surface area contributed by atoms with Crippen molar-refractivity contribution < 1.29 is 9.53 Å². The number of rotatable bonds is 3. The molecule has 0 aromatic rings. The van der Waals surface area contributed by atoms with Crippen molar-refractivity contribution in [2.45, 2.75) is 17.6 Å². The average Bonchev–Trinajstić information content (AvgIpc) is 2.29. The van der Waals surface area contributed by atoms with Gasteiger partial charge in [-0.05, 0) is 19.1 Å². The van der Waals surface area contributed by atoms with E-state index in [-0.39, 0.29) is 17.3 Å². The number of ether oxygens (including phenoxy) is 1. The molecule has 0 bridgehead atoms. The highest BCUT2D eigenvalue weighted by Crippen LogP contribution is 2.33. The van der Waals surface area contributed by atoms with Gasteiger partial charge in [-0.1, -0.05) is 0 Å². The van der Waals surface area contributed by atoms with Crippen molar-refractivity contribution in [1.82, 2.24) is 4.90 Å². The Labute approximate surface area is 94.6 Å². The zero-order chi connectivity index (χ0) is 11.3. The zero-order valence-corrected chi connectivity index (χ0v) is 9.97. The van der Waals surface area contributed by atoms with Crippen LogP contribution in [0.2, 0.25) is 0 Å². The lowest BCUT2D eigenvalue weighted by molar-refractivity contribution is -0.136. The summed E-state index contributed by atoms with van der Waals surface area (Å²) in [5, 5.41) is 9.07. The van der Waals surface area contributed by atoms with Crippen LogP contribution in [0, 0.1) is 11.3 Å². The number of piperidine rings is 1. The first kappa shape index (κ1) is 12.3. The lowest BCUT2D eigenvalue weighted by Crippen LogP contribution is -2.45. The maximum atomic E-state index is 11.5. The molecule has 0 aromatic carbocycles. The first-order valence-corrected chi connectivity index (χ1v) is 6.13. The topological polar surface area (TPSA) is 53.3 Å². The van der Waals surface area contributed by atoms with Crippen LogP contribution in [0.15, 0.2) is 0 Å². The molecular formula is C10H16N2O2S. The van der Waals surface area contributed by atoms with Gasteiger partial charge in [-0.25, -0.2) is 0 Å². The first-order valence-electron chi connectivity index (χ1n) is 4.90. The van der Waals surface area contributed by atoms with E-state index < -0.39 is 0 Å². The largest absolute Gasteiger partial charge is 0.375 e. The molecular weight excluding hydrogens is 212 g/mol. The van der Waals surface area contributed by atoms with E-state index in [0.717, 1.165) is 12.8 Å². The lowest BCUT2D eigenvalue weighted by Gasteiger charge is -2.36. The molecule has 1 heterocycles. The summed E-state index contributed by atoms with van der Waals surface area (Å²) in [5.74, 6) is 0.0187. The number of nitriles is 1. The van der Waals surface area contributed by atoms with Crippen LogP contribution in [0.1, 0.15) is 12.8 Å². The number of carbonyl (C=O) groups excluding carboxylic acids is 1. The third kappa shape index (κ3) is 2.86. The van der Waals surface area contributed by atoms with Crippen molar-refractivity contribution in [2.24, 2.45) is 0 Å². The Balaban J connectivity index is 2.49. The summed E-state index contributed by atoms with van der Waals surface area (Å²) < 4.78 is 4.51. The van der Waals surface area contributed by atoms with Gasteiger partial charge in [0.2, 0.25) is 5.91 Å². The monoisotopic (exact) mass is 228 g/mol. The van der Waals surface area contributed by atoms with E-state index in [1.165, 1.54) is 7.11 Å². The molecule has 0 unspecified atom stereocenters. The summed E-state index contributed by atoms with van der Waals surface area (Å²) in [6.45, 7) is 1.46. The van der Waals surface area contributed by atoms with Crippen LogP contribution in [0.25, 0.3) is 0 Å². The number of likely N-dealkylation sites (tertiary alicyclic amines) is 1. The van der Waals surface area contributed by atoms with E-state index in [1.807, 2.05) is 6.26 Å². The Bertz CT molecular complexity index is 267. The fourth-order valence-electron chi connectivity index (χ4n) is 1.69. The van der Waals surface area contributed by atoms with Crippen molar-refractivity contribution in [2.75, 3.05) is 33.1 Å². The lowest BCUT2D eigenvalue weighted by atomic mass is 9.97. The van der Waals surface area contributed by atoms with Crippen molar-refractivity contribution in [3.05, 3.63) is 0 Å². The van der Waals surface area contributed by atoms with Crippen LogP contribution in [0.3, 0.4) is 0 Å². The molecule has 5 heteroatoms. The predicted molar refractivity (Wildman–Crippen MR) is 59.5 cm³/mol. The second kappa shape index (κ2) is 5.38. The molecule has 0 atom stereocenters. The van der Waals surface area contributed by atoms with E-state index in [1.54, 1.807) is 16.7 Å². The molecule has 0 aliphatic carbocycles. The van der Waals surface area contributed by atoms with E-state index in [0.29, 0.717) is 13.1 Å². The second-order valence-electron chi connectivity index (χ2n) is 3.62. The SMILES string of the molecule is COCC(=O)N1CCC(C#N)(SC)CC1. The Morgan fingerprint density at radius 1 is 1.60 bits per heavy atom. The van der Waals surface area contributed by atoms with Gasteiger partial charge in [0.05, 0.1) is 6.07 Å². The number of amides is 1. The molecule has 4 nitrogen and oxygen atoms in total. The summed E-state index contributed by atoms with van der Waals surface area (Å²) in [4.78, 5) is 13.3. The summed E-state index contributed by atoms with van der Waals surface area (Å²) >= 11 is 1.59. The molecule has 15 heavy (non-hydrogen) atoms. The van der Waals surface area contributed by atoms with E-state index >= 15 is 0 Å². The van der Waals surface area contributed by atoms with Gasteiger partial charge in [0.25, 0.3) is 0 Å². The van der Waals surface area contributed by atoms with Gasteiger partial charge < -0.3 is 9.64 Å². The normalized spacial score (nSPS) is 19.7. The second-order valence-corrected chi connectivity index (χ2v) is 4.81. The Morgan fingerprint density at radius 3 is 2.60 bits per heavy atom. The Kier molecular flexibility index (Phi) is 4.43. The predicted octanol–water partition coefficient (Wildman–Crippen LogP) is 0.881. The standard InChI is InChI=1S/C10H16N2O2S/c1-14-7-9(13)12-5-3-10(8-11,15-2)4-6-12/h3-7H2,1-2H3. The summed E-state index contributed by atoms with van der Waals surface area (Å²) in [7, 11) is 1.52. The molecule has 0 spiro atoms. The minimum atomic E-state index is -0.288. The molecule has 0 aromatic heterocycles. The van der Waals surface area contributed by atoms with Crippen molar-refractivity contribution in [3.8, 4) is 6.07 Å². The highest BCUT2D eigenvalue weighted by Gasteiger charge is 2.35. The van der Waals surface area contributed by atoms with Gasteiger partial charge in [0, 0.05) is 20.2 Å². The summed E-state index contributed by atoms with van der Waals surface area (Å²) in [5.41, 5.74) is 0. The quantitative estimate of drug-likeness (QED) is 0.719. The van der Waals surface area contributed by atoms with Crippen LogP contribution < -0.4 is 0 Å². The van der Waals surface area contributed by atoms with Gasteiger partial charge in [0.1, 0.15) is 11.4 Å². The molecule has 1 rings (SSSR count). The Morgan fingerprint density at radius 2 is 2.20 bits per heavy atom. The third-order valence-electron chi connectivity index (χ3n) is 2.79. The molecule has 0 N–H and O–H groups in total. The van der Waals surface area contributed by atoms with Gasteiger partial charge in [-0.15, -0.1) is 11.8 Å². The van der Waals surface area contributed by atoms with Crippen molar-refractivity contribution in [1.29, 1.82) is 5.26 Å². The number of hydrogen-bond acceptors (Lipinski definition) is 4. The molecule has 1 fully saturated rings. The fraction of sp³-hybridized carbons (Fsp3) is 0.800. The summed E-state index contributed by atoms with van der Waals surface area (Å²) in [6.07, 6.45) is 3.45. The van der Waals surface area contributed by atoms with E-state index in [4.69, 9.17) is 10.00 Å². The Hall–Kier alpha value is -0.730. The molecule has 0 radical (unpaired) electrons. The van der Waals surface area contributed by atoms with Crippen molar-refractivity contribution in [3.63, 3.8) is 0 Å². The number of carbonyl (C=O) groups is 1.